The van der Waals surface area contributed by atoms with Gasteiger partial charge in [0.1, 0.15) is 23.2 Å². The third-order valence-corrected chi connectivity index (χ3v) is 4.45. The van der Waals surface area contributed by atoms with Gasteiger partial charge in [-0.15, -0.1) is 13.2 Å². The van der Waals surface area contributed by atoms with Crippen LogP contribution in [-0.2, 0) is 11.2 Å². The number of morpholine rings is 1. The molecule has 26 heavy (non-hydrogen) atoms. The fourth-order valence-corrected chi connectivity index (χ4v) is 3.33. The van der Waals surface area contributed by atoms with Crippen LogP contribution in [0, 0.1) is 0 Å². The van der Waals surface area contributed by atoms with Gasteiger partial charge < -0.3 is 19.5 Å². The molecule has 1 saturated heterocycles. The molecule has 2 atom stereocenters. The SMILES string of the molecule is FC(F)(F)CCC1(C2CNCCO2)Cc2c(OC(F)(F)F)cccc2O1. The van der Waals surface area contributed by atoms with Crippen molar-refractivity contribution >= 4 is 0 Å². The predicted octanol–water partition coefficient (Wildman–Crippen LogP) is 3.59. The Morgan fingerprint density at radius 1 is 1.19 bits per heavy atom. The van der Waals surface area contributed by atoms with E-state index in [-0.39, 0.29) is 30.9 Å². The Morgan fingerprint density at radius 2 is 1.96 bits per heavy atom. The van der Waals surface area contributed by atoms with Gasteiger partial charge in [-0.2, -0.15) is 13.2 Å². The molecule has 2 aliphatic heterocycles. The van der Waals surface area contributed by atoms with Crippen molar-refractivity contribution in [1.82, 2.24) is 5.32 Å². The molecule has 0 aromatic heterocycles. The zero-order valence-electron chi connectivity index (χ0n) is 13.5. The second-order valence-electron chi connectivity index (χ2n) is 6.30. The molecule has 0 saturated carbocycles. The molecule has 2 aliphatic rings. The second-order valence-corrected chi connectivity index (χ2v) is 6.30. The number of fused-ring (bicyclic) bond motifs is 1. The topological polar surface area (TPSA) is 39.7 Å². The van der Waals surface area contributed by atoms with Crippen LogP contribution in [0.25, 0.3) is 0 Å². The summed E-state index contributed by atoms with van der Waals surface area (Å²) < 4.78 is 91.6. The van der Waals surface area contributed by atoms with Crippen molar-refractivity contribution in [2.45, 2.75) is 43.5 Å². The highest BCUT2D eigenvalue weighted by atomic mass is 19.4. The van der Waals surface area contributed by atoms with E-state index in [0.29, 0.717) is 6.54 Å². The van der Waals surface area contributed by atoms with Crippen LogP contribution in [0.2, 0.25) is 0 Å². The molecule has 2 heterocycles. The van der Waals surface area contributed by atoms with Gasteiger partial charge >= 0.3 is 12.5 Å². The third kappa shape index (κ3) is 4.35. The van der Waals surface area contributed by atoms with Gasteiger partial charge in [-0.1, -0.05) is 6.07 Å². The number of hydrogen-bond donors (Lipinski definition) is 1. The van der Waals surface area contributed by atoms with Crippen molar-refractivity contribution in [3.63, 3.8) is 0 Å². The summed E-state index contributed by atoms with van der Waals surface area (Å²) in [7, 11) is 0. The minimum absolute atomic E-state index is 0.0862. The van der Waals surface area contributed by atoms with Crippen LogP contribution in [0.5, 0.6) is 11.5 Å². The van der Waals surface area contributed by atoms with Crippen LogP contribution in [0.3, 0.4) is 0 Å². The van der Waals surface area contributed by atoms with Crippen LogP contribution in [0.4, 0.5) is 26.3 Å². The molecule has 0 amide bonds. The van der Waals surface area contributed by atoms with Gasteiger partial charge in [-0.25, -0.2) is 0 Å². The van der Waals surface area contributed by atoms with E-state index in [1.165, 1.54) is 12.1 Å². The van der Waals surface area contributed by atoms with Gasteiger partial charge in [0.2, 0.25) is 0 Å². The van der Waals surface area contributed by atoms with Gasteiger partial charge in [-0.05, 0) is 18.6 Å². The number of ether oxygens (including phenoxy) is 3. The summed E-state index contributed by atoms with van der Waals surface area (Å²) >= 11 is 0. The monoisotopic (exact) mass is 385 g/mol. The molecule has 10 heteroatoms. The van der Waals surface area contributed by atoms with Gasteiger partial charge in [0.15, 0.2) is 0 Å². The zero-order valence-corrected chi connectivity index (χ0v) is 13.5. The number of hydrogen-bond acceptors (Lipinski definition) is 4. The fraction of sp³-hybridized carbons (Fsp3) is 0.625. The van der Waals surface area contributed by atoms with Crippen molar-refractivity contribution in [2.75, 3.05) is 19.7 Å². The Kier molecular flexibility index (Phi) is 5.00. The molecular formula is C16H17F6NO3. The molecule has 1 N–H and O–H groups in total. The van der Waals surface area contributed by atoms with Gasteiger partial charge in [-0.3, -0.25) is 0 Å². The molecule has 4 nitrogen and oxygen atoms in total. The molecule has 146 valence electrons. The molecule has 1 aromatic carbocycles. The lowest BCUT2D eigenvalue weighted by Crippen LogP contribution is -2.56. The van der Waals surface area contributed by atoms with E-state index in [9.17, 15) is 26.3 Å². The predicted molar refractivity (Wildman–Crippen MR) is 78.1 cm³/mol. The first-order valence-electron chi connectivity index (χ1n) is 8.04. The minimum atomic E-state index is -4.91. The highest BCUT2D eigenvalue weighted by Gasteiger charge is 2.50. The fourth-order valence-electron chi connectivity index (χ4n) is 3.33. The summed E-state index contributed by atoms with van der Waals surface area (Å²) in [5.41, 5.74) is -1.31. The van der Waals surface area contributed by atoms with Crippen LogP contribution in [-0.4, -0.2) is 43.9 Å². The van der Waals surface area contributed by atoms with E-state index in [4.69, 9.17) is 9.47 Å². The van der Waals surface area contributed by atoms with E-state index in [2.05, 4.69) is 10.1 Å². The summed E-state index contributed by atoms with van der Waals surface area (Å²) in [4.78, 5) is 0. The van der Waals surface area contributed by atoms with E-state index in [1.807, 2.05) is 0 Å². The first-order valence-corrected chi connectivity index (χ1v) is 8.04. The Labute approximate surface area is 145 Å². The van der Waals surface area contributed by atoms with E-state index < -0.39 is 42.8 Å². The van der Waals surface area contributed by atoms with Gasteiger partial charge in [0.05, 0.1) is 6.61 Å². The van der Waals surface area contributed by atoms with Gasteiger partial charge in [0.25, 0.3) is 0 Å². The minimum Gasteiger partial charge on any atom is -0.484 e. The van der Waals surface area contributed by atoms with Crippen LogP contribution >= 0.6 is 0 Å². The molecule has 0 aliphatic carbocycles. The average Bonchev–Trinajstić information content (AvgIpc) is 2.93. The second kappa shape index (κ2) is 6.80. The van der Waals surface area contributed by atoms with Crippen molar-refractivity contribution in [3.8, 4) is 11.5 Å². The standard InChI is InChI=1S/C16H17F6NO3/c17-15(18,19)5-4-14(13-9-23-6-7-24-13)8-10-11(25-14)2-1-3-12(10)26-16(20,21)22/h1-3,13,23H,4-9H2. The van der Waals surface area contributed by atoms with E-state index >= 15 is 0 Å². The molecule has 1 aromatic rings. The summed E-state index contributed by atoms with van der Waals surface area (Å²) in [5.74, 6) is -0.379. The maximum absolute atomic E-state index is 12.8. The maximum atomic E-state index is 12.8. The normalized spacial score (nSPS) is 26.3. The maximum Gasteiger partial charge on any atom is 0.573 e. The third-order valence-electron chi connectivity index (χ3n) is 4.45. The molecule has 0 spiro atoms. The number of rotatable bonds is 4. The highest BCUT2D eigenvalue weighted by molar-refractivity contribution is 5.49. The Balaban J connectivity index is 1.89. The average molecular weight is 385 g/mol. The van der Waals surface area contributed by atoms with Crippen molar-refractivity contribution in [1.29, 1.82) is 0 Å². The van der Waals surface area contributed by atoms with Crippen LogP contribution < -0.4 is 14.8 Å². The van der Waals surface area contributed by atoms with Crippen molar-refractivity contribution < 1.29 is 40.6 Å². The lowest BCUT2D eigenvalue weighted by atomic mass is 9.85. The number of halogens is 6. The molecule has 2 unspecified atom stereocenters. The Morgan fingerprint density at radius 3 is 2.58 bits per heavy atom. The Hall–Kier alpha value is -1.68. The van der Waals surface area contributed by atoms with E-state index in [0.717, 1.165) is 6.07 Å². The summed E-state index contributed by atoms with van der Waals surface area (Å²) in [6, 6.07) is 3.85. The molecule has 0 radical (unpaired) electrons. The van der Waals surface area contributed by atoms with Gasteiger partial charge in [0, 0.05) is 31.5 Å². The quantitative estimate of drug-likeness (QED) is 0.805. The zero-order chi connectivity index (χ0) is 19.0. The van der Waals surface area contributed by atoms with Crippen LogP contribution in [0.1, 0.15) is 18.4 Å². The summed E-state index contributed by atoms with van der Waals surface area (Å²) in [6.07, 6.45) is -11.8. The largest absolute Gasteiger partial charge is 0.573 e. The van der Waals surface area contributed by atoms with Crippen molar-refractivity contribution in [3.05, 3.63) is 23.8 Å². The molecular weight excluding hydrogens is 368 g/mol. The number of benzene rings is 1. The summed E-state index contributed by atoms with van der Waals surface area (Å²) in [6.45, 7) is 1.08. The van der Waals surface area contributed by atoms with Crippen LogP contribution in [0.15, 0.2) is 18.2 Å². The summed E-state index contributed by atoms with van der Waals surface area (Å²) in [5, 5.41) is 3.02. The first kappa shape index (κ1) is 19.1. The molecule has 1 fully saturated rings. The number of alkyl halides is 6. The smallest absolute Gasteiger partial charge is 0.484 e. The van der Waals surface area contributed by atoms with E-state index in [1.54, 1.807) is 0 Å². The molecule has 0 bridgehead atoms. The first-order chi connectivity index (χ1) is 12.1. The number of nitrogens with one attached hydrogen (secondary N) is 1. The Bertz CT molecular complexity index is 642. The van der Waals surface area contributed by atoms with Crippen molar-refractivity contribution in [2.24, 2.45) is 0 Å². The lowest BCUT2D eigenvalue weighted by molar-refractivity contribution is -0.274. The molecule has 3 rings (SSSR count). The highest BCUT2D eigenvalue weighted by Crippen LogP contribution is 2.46. The lowest BCUT2D eigenvalue weighted by Gasteiger charge is -2.39.